The minimum atomic E-state index is -0.103. The van der Waals surface area contributed by atoms with E-state index >= 15 is 0 Å². The van der Waals surface area contributed by atoms with Gasteiger partial charge in [-0.3, -0.25) is 4.79 Å². The number of ether oxygens (including phenoxy) is 2. The number of nitrogens with one attached hydrogen (secondary N) is 1. The predicted octanol–water partition coefficient (Wildman–Crippen LogP) is 3.62. The second-order valence-corrected chi connectivity index (χ2v) is 6.93. The van der Waals surface area contributed by atoms with Crippen LogP contribution >= 0.6 is 11.3 Å². The monoisotopic (exact) mass is 346 g/mol. The fourth-order valence-corrected chi connectivity index (χ4v) is 3.61. The lowest BCUT2D eigenvalue weighted by Gasteiger charge is -2.37. The van der Waals surface area contributed by atoms with E-state index in [0.29, 0.717) is 4.88 Å². The van der Waals surface area contributed by atoms with Crippen LogP contribution in [0.3, 0.4) is 0 Å². The summed E-state index contributed by atoms with van der Waals surface area (Å²) < 4.78 is 11.3. The van der Waals surface area contributed by atoms with Crippen molar-refractivity contribution in [2.75, 3.05) is 30.4 Å². The Morgan fingerprint density at radius 1 is 1.29 bits per heavy atom. The SMILES string of the molecule is COc1cc(NC(=O)c2cccs2)ccc1N1C[C@@H](C)O[C@@H](C)C1. The molecule has 1 aromatic carbocycles. The Morgan fingerprint density at radius 3 is 2.67 bits per heavy atom. The van der Waals surface area contributed by atoms with E-state index in [0.717, 1.165) is 30.2 Å². The van der Waals surface area contributed by atoms with E-state index in [1.165, 1.54) is 11.3 Å². The first-order valence-corrected chi connectivity index (χ1v) is 8.88. The molecule has 128 valence electrons. The van der Waals surface area contributed by atoms with Crippen LogP contribution < -0.4 is 15.0 Å². The molecule has 0 aliphatic carbocycles. The van der Waals surface area contributed by atoms with Gasteiger partial charge in [-0.05, 0) is 37.4 Å². The molecule has 0 spiro atoms. The molecule has 2 heterocycles. The Morgan fingerprint density at radius 2 is 2.04 bits per heavy atom. The van der Waals surface area contributed by atoms with Crippen LogP contribution in [0.1, 0.15) is 23.5 Å². The molecule has 1 aromatic heterocycles. The average Bonchev–Trinajstić information content (AvgIpc) is 3.08. The Hall–Kier alpha value is -2.05. The number of hydrogen-bond acceptors (Lipinski definition) is 5. The van der Waals surface area contributed by atoms with E-state index in [2.05, 4.69) is 24.1 Å². The topological polar surface area (TPSA) is 50.8 Å². The van der Waals surface area contributed by atoms with Gasteiger partial charge >= 0.3 is 0 Å². The van der Waals surface area contributed by atoms with Crippen molar-refractivity contribution in [1.29, 1.82) is 0 Å². The highest BCUT2D eigenvalue weighted by molar-refractivity contribution is 7.12. The normalized spacial score (nSPS) is 20.7. The van der Waals surface area contributed by atoms with Gasteiger partial charge < -0.3 is 19.7 Å². The molecule has 3 rings (SSSR count). The fraction of sp³-hybridized carbons (Fsp3) is 0.389. The molecule has 1 aliphatic rings. The molecular weight excluding hydrogens is 324 g/mol. The van der Waals surface area contributed by atoms with Crippen molar-refractivity contribution < 1.29 is 14.3 Å². The highest BCUT2D eigenvalue weighted by atomic mass is 32.1. The second kappa shape index (κ2) is 7.23. The number of nitrogens with zero attached hydrogens (tertiary/aromatic N) is 1. The number of benzene rings is 1. The lowest BCUT2D eigenvalue weighted by molar-refractivity contribution is -0.00532. The number of amides is 1. The Labute approximate surface area is 146 Å². The number of thiophene rings is 1. The third-order valence-electron chi connectivity index (χ3n) is 3.94. The summed E-state index contributed by atoms with van der Waals surface area (Å²) in [5.41, 5.74) is 1.75. The summed E-state index contributed by atoms with van der Waals surface area (Å²) in [5, 5.41) is 4.80. The zero-order valence-electron chi connectivity index (χ0n) is 14.1. The number of rotatable bonds is 4. The largest absolute Gasteiger partial charge is 0.495 e. The van der Waals surface area contributed by atoms with E-state index in [4.69, 9.17) is 9.47 Å². The smallest absolute Gasteiger partial charge is 0.265 e. The van der Waals surface area contributed by atoms with E-state index in [1.807, 2.05) is 35.7 Å². The summed E-state index contributed by atoms with van der Waals surface area (Å²) in [6.07, 6.45) is 0.355. The Kier molecular flexibility index (Phi) is 5.06. The van der Waals surface area contributed by atoms with E-state index in [9.17, 15) is 4.79 Å². The summed E-state index contributed by atoms with van der Waals surface area (Å²) in [6.45, 7) is 5.79. The maximum atomic E-state index is 12.2. The van der Waals surface area contributed by atoms with Gasteiger partial charge in [0.2, 0.25) is 0 Å². The van der Waals surface area contributed by atoms with Crippen LogP contribution in [0.15, 0.2) is 35.7 Å². The van der Waals surface area contributed by atoms with Gasteiger partial charge in [0.25, 0.3) is 5.91 Å². The van der Waals surface area contributed by atoms with Crippen molar-refractivity contribution in [3.05, 3.63) is 40.6 Å². The first kappa shape index (κ1) is 16.8. The van der Waals surface area contributed by atoms with Crippen LogP contribution in [-0.2, 0) is 4.74 Å². The minimum Gasteiger partial charge on any atom is -0.495 e. The highest BCUT2D eigenvalue weighted by Crippen LogP contribution is 2.33. The molecule has 24 heavy (non-hydrogen) atoms. The third kappa shape index (κ3) is 3.71. The molecule has 0 saturated carbocycles. The Bertz CT molecular complexity index is 692. The molecule has 0 unspecified atom stereocenters. The second-order valence-electron chi connectivity index (χ2n) is 5.98. The van der Waals surface area contributed by atoms with Crippen LogP contribution in [-0.4, -0.2) is 38.3 Å². The number of anilines is 2. The fourth-order valence-electron chi connectivity index (χ4n) is 2.99. The molecule has 1 amide bonds. The Balaban J connectivity index is 1.79. The van der Waals surface area contributed by atoms with Gasteiger partial charge in [-0.25, -0.2) is 0 Å². The van der Waals surface area contributed by atoms with Gasteiger partial charge in [0.05, 0.1) is 29.9 Å². The number of methoxy groups -OCH3 is 1. The average molecular weight is 346 g/mol. The molecule has 2 aromatic rings. The molecule has 0 bridgehead atoms. The van der Waals surface area contributed by atoms with Crippen molar-refractivity contribution in [2.24, 2.45) is 0 Å². The van der Waals surface area contributed by atoms with Crippen molar-refractivity contribution >= 4 is 28.6 Å². The first-order chi connectivity index (χ1) is 11.6. The number of morpholine rings is 1. The van der Waals surface area contributed by atoms with Gasteiger partial charge in [0.15, 0.2) is 0 Å². The molecule has 1 N–H and O–H groups in total. The number of hydrogen-bond donors (Lipinski definition) is 1. The standard InChI is InChI=1S/C18H22N2O3S/c1-12-10-20(11-13(2)23-12)15-7-6-14(9-16(15)22-3)19-18(21)17-5-4-8-24-17/h4-9,12-13H,10-11H2,1-3H3,(H,19,21)/t12-,13+. The van der Waals surface area contributed by atoms with Gasteiger partial charge in [0.1, 0.15) is 5.75 Å². The maximum absolute atomic E-state index is 12.2. The third-order valence-corrected chi connectivity index (χ3v) is 4.81. The van der Waals surface area contributed by atoms with E-state index in [1.54, 1.807) is 7.11 Å². The van der Waals surface area contributed by atoms with Crippen LogP contribution in [0.2, 0.25) is 0 Å². The maximum Gasteiger partial charge on any atom is 0.265 e. The molecule has 0 radical (unpaired) electrons. The highest BCUT2D eigenvalue weighted by Gasteiger charge is 2.24. The van der Waals surface area contributed by atoms with Crippen LogP contribution in [0, 0.1) is 0 Å². The molecule has 2 atom stereocenters. The lowest BCUT2D eigenvalue weighted by atomic mass is 10.1. The zero-order valence-corrected chi connectivity index (χ0v) is 14.9. The van der Waals surface area contributed by atoms with Crippen molar-refractivity contribution in [3.63, 3.8) is 0 Å². The number of carbonyl (C=O) groups excluding carboxylic acids is 1. The molecule has 1 fully saturated rings. The molecular formula is C18H22N2O3S. The first-order valence-electron chi connectivity index (χ1n) is 8.00. The van der Waals surface area contributed by atoms with E-state index < -0.39 is 0 Å². The summed E-state index contributed by atoms with van der Waals surface area (Å²) in [7, 11) is 1.65. The molecule has 1 saturated heterocycles. The molecule has 6 heteroatoms. The summed E-state index contributed by atoms with van der Waals surface area (Å²) in [5.74, 6) is 0.647. The van der Waals surface area contributed by atoms with Crippen molar-refractivity contribution in [3.8, 4) is 5.75 Å². The summed E-state index contributed by atoms with van der Waals surface area (Å²) >= 11 is 1.42. The van der Waals surface area contributed by atoms with E-state index in [-0.39, 0.29) is 18.1 Å². The zero-order chi connectivity index (χ0) is 17.1. The van der Waals surface area contributed by atoms with Crippen LogP contribution in [0.25, 0.3) is 0 Å². The molecule has 1 aliphatic heterocycles. The van der Waals surface area contributed by atoms with Crippen LogP contribution in [0.4, 0.5) is 11.4 Å². The van der Waals surface area contributed by atoms with Crippen LogP contribution in [0.5, 0.6) is 5.75 Å². The quantitative estimate of drug-likeness (QED) is 0.919. The van der Waals surface area contributed by atoms with Crippen molar-refractivity contribution in [2.45, 2.75) is 26.1 Å². The molecule has 5 nitrogen and oxygen atoms in total. The van der Waals surface area contributed by atoms with Crippen molar-refractivity contribution in [1.82, 2.24) is 0 Å². The predicted molar refractivity (Wildman–Crippen MR) is 97.5 cm³/mol. The van der Waals surface area contributed by atoms with Gasteiger partial charge in [-0.2, -0.15) is 0 Å². The lowest BCUT2D eigenvalue weighted by Crippen LogP contribution is -2.45. The summed E-state index contributed by atoms with van der Waals surface area (Å²) in [6, 6.07) is 9.44. The minimum absolute atomic E-state index is 0.103. The van der Waals surface area contributed by atoms with Gasteiger partial charge in [-0.1, -0.05) is 6.07 Å². The van der Waals surface area contributed by atoms with Gasteiger partial charge in [-0.15, -0.1) is 11.3 Å². The number of carbonyl (C=O) groups is 1. The summed E-state index contributed by atoms with van der Waals surface area (Å²) in [4.78, 5) is 15.1. The van der Waals surface area contributed by atoms with Gasteiger partial charge in [0, 0.05) is 24.8 Å².